The standard InChI is InChI=1S/C24H21ClN4O3/c1-32-20-8-3-2-5-16(20)22-21-18(6-4-7-19(21)30)28-23-17(13-26-29(22)23)24(31)27-15-11-9-14(25)10-12-15/h2-3,5,8-13,22,28H,4,6-7H2,1H3,(H,27,31)/t22-/m1/s1. The Morgan fingerprint density at radius 2 is 1.97 bits per heavy atom. The summed E-state index contributed by atoms with van der Waals surface area (Å²) in [5.41, 5.74) is 3.37. The lowest BCUT2D eigenvalue weighted by Gasteiger charge is -2.34. The van der Waals surface area contributed by atoms with Gasteiger partial charge in [-0.3, -0.25) is 9.59 Å². The van der Waals surface area contributed by atoms with Crippen LogP contribution in [-0.2, 0) is 4.79 Å². The van der Waals surface area contributed by atoms with Crippen LogP contribution in [0.4, 0.5) is 11.5 Å². The van der Waals surface area contributed by atoms with Gasteiger partial charge < -0.3 is 15.4 Å². The predicted octanol–water partition coefficient (Wildman–Crippen LogP) is 4.82. The lowest BCUT2D eigenvalue weighted by atomic mass is 9.85. The van der Waals surface area contributed by atoms with Crippen molar-refractivity contribution in [1.82, 2.24) is 9.78 Å². The number of allylic oxidation sites excluding steroid dienone is 2. The SMILES string of the molecule is COc1ccccc1[C@@H]1C2=C(CCCC2=O)Nc2c(C(=O)Nc3ccc(Cl)cc3)cnn21. The van der Waals surface area contributed by atoms with Gasteiger partial charge in [-0.15, -0.1) is 0 Å². The van der Waals surface area contributed by atoms with Crippen molar-refractivity contribution < 1.29 is 14.3 Å². The summed E-state index contributed by atoms with van der Waals surface area (Å²) in [6, 6.07) is 14.0. The lowest BCUT2D eigenvalue weighted by Crippen LogP contribution is -2.32. The van der Waals surface area contributed by atoms with Gasteiger partial charge in [0, 0.05) is 34.0 Å². The molecule has 162 valence electrons. The third kappa shape index (κ3) is 3.44. The number of anilines is 2. The molecule has 2 heterocycles. The van der Waals surface area contributed by atoms with Gasteiger partial charge in [-0.2, -0.15) is 5.10 Å². The molecule has 7 nitrogen and oxygen atoms in total. The smallest absolute Gasteiger partial charge is 0.261 e. The molecule has 1 aromatic heterocycles. The fourth-order valence-corrected chi connectivity index (χ4v) is 4.46. The summed E-state index contributed by atoms with van der Waals surface area (Å²) in [5, 5.41) is 11.3. The van der Waals surface area contributed by atoms with Crippen LogP contribution in [0.15, 0.2) is 66.0 Å². The summed E-state index contributed by atoms with van der Waals surface area (Å²) in [5.74, 6) is 1.01. The van der Waals surface area contributed by atoms with Crippen LogP contribution in [0.2, 0.25) is 5.02 Å². The van der Waals surface area contributed by atoms with E-state index in [1.807, 2.05) is 24.3 Å². The zero-order valence-electron chi connectivity index (χ0n) is 17.4. The van der Waals surface area contributed by atoms with E-state index in [4.69, 9.17) is 16.3 Å². The fourth-order valence-electron chi connectivity index (χ4n) is 4.34. The number of amides is 1. The van der Waals surface area contributed by atoms with Gasteiger partial charge >= 0.3 is 0 Å². The van der Waals surface area contributed by atoms with Gasteiger partial charge in [0.25, 0.3) is 5.91 Å². The Kier molecular flexibility index (Phi) is 5.19. The molecule has 0 fully saturated rings. The lowest BCUT2D eigenvalue weighted by molar-refractivity contribution is -0.116. The number of rotatable bonds is 4. The number of halogens is 1. The summed E-state index contributed by atoms with van der Waals surface area (Å²) in [6.45, 7) is 0. The molecular weight excluding hydrogens is 428 g/mol. The molecular formula is C24H21ClN4O3. The Balaban J connectivity index is 1.59. The van der Waals surface area contributed by atoms with Crippen LogP contribution in [0.1, 0.15) is 41.2 Å². The molecule has 8 heteroatoms. The number of ketones is 1. The minimum atomic E-state index is -0.470. The molecule has 2 aromatic carbocycles. The molecule has 0 radical (unpaired) electrons. The molecule has 1 amide bonds. The van der Waals surface area contributed by atoms with Crippen LogP contribution in [0.25, 0.3) is 0 Å². The van der Waals surface area contributed by atoms with Gasteiger partial charge in [0.15, 0.2) is 5.78 Å². The van der Waals surface area contributed by atoms with E-state index in [0.717, 1.165) is 24.1 Å². The molecule has 2 aliphatic rings. The summed E-state index contributed by atoms with van der Waals surface area (Å²) >= 11 is 5.94. The van der Waals surface area contributed by atoms with Gasteiger partial charge in [0.05, 0.1) is 13.3 Å². The normalized spacial score (nSPS) is 17.3. The van der Waals surface area contributed by atoms with Crippen molar-refractivity contribution in [2.75, 3.05) is 17.7 Å². The second-order valence-electron chi connectivity index (χ2n) is 7.75. The van der Waals surface area contributed by atoms with E-state index < -0.39 is 6.04 Å². The topological polar surface area (TPSA) is 85.2 Å². The van der Waals surface area contributed by atoms with Crippen LogP contribution < -0.4 is 15.4 Å². The summed E-state index contributed by atoms with van der Waals surface area (Å²) in [4.78, 5) is 26.0. The number of nitrogens with zero attached hydrogens (tertiary/aromatic N) is 2. The van der Waals surface area contributed by atoms with Crippen LogP contribution in [0, 0.1) is 0 Å². The van der Waals surface area contributed by atoms with Gasteiger partial charge in [-0.1, -0.05) is 29.8 Å². The quantitative estimate of drug-likeness (QED) is 0.597. The minimum Gasteiger partial charge on any atom is -0.496 e. The van der Waals surface area contributed by atoms with Crippen molar-refractivity contribution in [3.63, 3.8) is 0 Å². The largest absolute Gasteiger partial charge is 0.496 e. The number of carbonyl (C=O) groups is 2. The number of para-hydroxylation sites is 1. The van der Waals surface area contributed by atoms with E-state index in [-0.39, 0.29) is 11.7 Å². The molecule has 5 rings (SSSR count). The first-order valence-corrected chi connectivity index (χ1v) is 10.7. The first-order chi connectivity index (χ1) is 15.6. The first-order valence-electron chi connectivity index (χ1n) is 10.4. The Morgan fingerprint density at radius 1 is 1.19 bits per heavy atom. The number of fused-ring (bicyclic) bond motifs is 1. The highest BCUT2D eigenvalue weighted by Gasteiger charge is 2.38. The maximum Gasteiger partial charge on any atom is 0.261 e. The molecule has 1 atom stereocenters. The molecule has 3 aromatic rings. The monoisotopic (exact) mass is 448 g/mol. The van der Waals surface area contributed by atoms with Crippen molar-refractivity contribution >= 4 is 34.8 Å². The molecule has 0 saturated carbocycles. The summed E-state index contributed by atoms with van der Waals surface area (Å²) in [6.07, 6.45) is 3.52. The van der Waals surface area contributed by atoms with Crippen LogP contribution in [0.5, 0.6) is 5.75 Å². The molecule has 0 spiro atoms. The van der Waals surface area contributed by atoms with Gasteiger partial charge in [0.2, 0.25) is 0 Å². The van der Waals surface area contributed by atoms with Crippen molar-refractivity contribution in [3.05, 3.63) is 82.1 Å². The average molecular weight is 449 g/mol. The number of nitrogens with one attached hydrogen (secondary N) is 2. The number of ether oxygens (including phenoxy) is 1. The van der Waals surface area contributed by atoms with Crippen molar-refractivity contribution in [3.8, 4) is 5.75 Å². The van der Waals surface area contributed by atoms with Gasteiger partial charge in [-0.25, -0.2) is 4.68 Å². The second-order valence-corrected chi connectivity index (χ2v) is 8.19. The van der Waals surface area contributed by atoms with Crippen LogP contribution >= 0.6 is 11.6 Å². The molecule has 1 aliphatic heterocycles. The molecule has 0 unspecified atom stereocenters. The van der Waals surface area contributed by atoms with Gasteiger partial charge in [0.1, 0.15) is 23.2 Å². The Morgan fingerprint density at radius 3 is 2.75 bits per heavy atom. The Labute approximate surface area is 190 Å². The van der Waals surface area contributed by atoms with E-state index in [9.17, 15) is 9.59 Å². The maximum atomic E-state index is 13.1. The van der Waals surface area contributed by atoms with E-state index in [1.54, 1.807) is 36.1 Å². The molecule has 0 bridgehead atoms. The predicted molar refractivity (Wildman–Crippen MR) is 122 cm³/mol. The Bertz CT molecular complexity index is 1250. The number of hydrogen-bond acceptors (Lipinski definition) is 5. The van der Waals surface area contributed by atoms with Crippen LogP contribution in [0.3, 0.4) is 0 Å². The molecule has 1 aliphatic carbocycles. The molecule has 32 heavy (non-hydrogen) atoms. The highest BCUT2D eigenvalue weighted by molar-refractivity contribution is 6.30. The molecule has 2 N–H and O–H groups in total. The van der Waals surface area contributed by atoms with E-state index >= 15 is 0 Å². The van der Waals surface area contributed by atoms with Crippen LogP contribution in [-0.4, -0.2) is 28.6 Å². The first kappa shape index (κ1) is 20.3. The fraction of sp³-hybridized carbons (Fsp3) is 0.208. The summed E-state index contributed by atoms with van der Waals surface area (Å²) < 4.78 is 7.29. The maximum absolute atomic E-state index is 13.1. The van der Waals surface area contributed by atoms with E-state index in [2.05, 4.69) is 15.7 Å². The number of methoxy groups -OCH3 is 1. The van der Waals surface area contributed by atoms with E-state index in [1.165, 1.54) is 6.20 Å². The number of hydrogen-bond donors (Lipinski definition) is 2. The number of Topliss-reactive ketones (excluding diaryl/α,β-unsaturated/α-hetero) is 1. The Hall–Kier alpha value is -3.58. The average Bonchev–Trinajstić information content (AvgIpc) is 3.23. The number of benzene rings is 2. The van der Waals surface area contributed by atoms with E-state index in [0.29, 0.717) is 39.8 Å². The third-order valence-corrected chi connectivity index (χ3v) is 6.07. The number of carbonyl (C=O) groups excluding carboxylic acids is 2. The number of aromatic nitrogens is 2. The minimum absolute atomic E-state index is 0.0861. The highest BCUT2D eigenvalue weighted by atomic mass is 35.5. The second kappa shape index (κ2) is 8.16. The van der Waals surface area contributed by atoms with Crippen molar-refractivity contribution in [2.24, 2.45) is 0 Å². The third-order valence-electron chi connectivity index (χ3n) is 5.82. The van der Waals surface area contributed by atoms with Gasteiger partial charge in [-0.05, 0) is 43.2 Å². The van der Waals surface area contributed by atoms with Crippen molar-refractivity contribution in [1.29, 1.82) is 0 Å². The highest BCUT2D eigenvalue weighted by Crippen LogP contribution is 2.43. The molecule has 0 saturated heterocycles. The van der Waals surface area contributed by atoms with Crippen molar-refractivity contribution in [2.45, 2.75) is 25.3 Å². The summed E-state index contributed by atoms with van der Waals surface area (Å²) in [7, 11) is 1.60. The zero-order valence-corrected chi connectivity index (χ0v) is 18.1. The zero-order chi connectivity index (χ0) is 22.2.